The van der Waals surface area contributed by atoms with E-state index in [1.54, 1.807) is 12.1 Å². The van der Waals surface area contributed by atoms with Gasteiger partial charge in [-0.25, -0.2) is 5.10 Å². The van der Waals surface area contributed by atoms with Crippen molar-refractivity contribution in [3.05, 3.63) is 64.7 Å². The Morgan fingerprint density at radius 2 is 2.00 bits per heavy atom. The first-order valence-corrected chi connectivity index (χ1v) is 8.49. The van der Waals surface area contributed by atoms with Crippen molar-refractivity contribution in [1.82, 2.24) is 25.9 Å². The number of aromatic nitrogens is 4. The molecule has 7 heteroatoms. The Labute approximate surface area is 151 Å². The van der Waals surface area contributed by atoms with Crippen LogP contribution in [0.5, 0.6) is 0 Å². The van der Waals surface area contributed by atoms with Gasteiger partial charge in [-0.15, -0.1) is 5.10 Å². The van der Waals surface area contributed by atoms with Crippen LogP contribution in [0.3, 0.4) is 0 Å². The number of nitrogens with zero attached hydrogens (tertiary/aromatic N) is 3. The summed E-state index contributed by atoms with van der Waals surface area (Å²) in [5.74, 6) is 0.655. The molecule has 0 aliphatic carbocycles. The van der Waals surface area contributed by atoms with Gasteiger partial charge >= 0.3 is 0 Å². The van der Waals surface area contributed by atoms with Gasteiger partial charge in [0, 0.05) is 23.2 Å². The molecule has 2 atom stereocenters. The van der Waals surface area contributed by atoms with Gasteiger partial charge in [0.2, 0.25) is 0 Å². The molecule has 0 saturated carbocycles. The first kappa shape index (κ1) is 17.5. The number of nitrogens with one attached hydrogen (secondary N) is 2. The van der Waals surface area contributed by atoms with Gasteiger partial charge in [0.15, 0.2) is 5.82 Å². The van der Waals surface area contributed by atoms with Gasteiger partial charge in [-0.05, 0) is 47.0 Å². The summed E-state index contributed by atoms with van der Waals surface area (Å²) in [6, 6.07) is 15.6. The van der Waals surface area contributed by atoms with E-state index >= 15 is 0 Å². The fourth-order valence-corrected chi connectivity index (χ4v) is 2.85. The first-order valence-electron chi connectivity index (χ1n) is 8.12. The van der Waals surface area contributed by atoms with E-state index in [-0.39, 0.29) is 6.04 Å². The number of hydrogen-bond acceptors (Lipinski definition) is 5. The van der Waals surface area contributed by atoms with Gasteiger partial charge < -0.3 is 10.4 Å². The van der Waals surface area contributed by atoms with E-state index in [9.17, 15) is 5.11 Å². The zero-order valence-corrected chi connectivity index (χ0v) is 14.6. The minimum absolute atomic E-state index is 0.228. The molecule has 3 N–H and O–H groups in total. The van der Waals surface area contributed by atoms with Gasteiger partial charge in [-0.1, -0.05) is 48.0 Å². The van der Waals surface area contributed by atoms with Gasteiger partial charge in [0.05, 0.1) is 6.10 Å². The van der Waals surface area contributed by atoms with Crippen molar-refractivity contribution in [3.63, 3.8) is 0 Å². The molecule has 0 spiro atoms. The topological polar surface area (TPSA) is 86.7 Å². The second kappa shape index (κ2) is 8.20. The zero-order valence-electron chi connectivity index (χ0n) is 13.9. The lowest BCUT2D eigenvalue weighted by atomic mass is 10.0. The second-order valence-corrected chi connectivity index (χ2v) is 6.47. The largest absolute Gasteiger partial charge is 0.387 e. The van der Waals surface area contributed by atoms with Gasteiger partial charge in [-0.3, -0.25) is 0 Å². The number of benzene rings is 2. The van der Waals surface area contributed by atoms with Crippen molar-refractivity contribution in [1.29, 1.82) is 0 Å². The summed E-state index contributed by atoms with van der Waals surface area (Å²) in [6.45, 7) is 2.57. The highest BCUT2D eigenvalue weighted by Crippen LogP contribution is 2.18. The van der Waals surface area contributed by atoms with Crippen molar-refractivity contribution in [2.45, 2.75) is 25.5 Å². The minimum Gasteiger partial charge on any atom is -0.387 e. The molecule has 2 unspecified atom stereocenters. The van der Waals surface area contributed by atoms with Gasteiger partial charge in [0.1, 0.15) is 0 Å². The van der Waals surface area contributed by atoms with Crippen LogP contribution >= 0.6 is 11.6 Å². The van der Waals surface area contributed by atoms with Crippen molar-refractivity contribution in [3.8, 4) is 11.4 Å². The van der Waals surface area contributed by atoms with E-state index in [2.05, 4.69) is 45.0 Å². The first-order chi connectivity index (χ1) is 12.1. The summed E-state index contributed by atoms with van der Waals surface area (Å²) in [6.07, 6.45) is 0.277. The van der Waals surface area contributed by atoms with Gasteiger partial charge in [0.25, 0.3) is 0 Å². The monoisotopic (exact) mass is 357 g/mol. The maximum absolute atomic E-state index is 10.3. The Hall–Kier alpha value is -2.28. The normalized spacial score (nSPS) is 13.6. The van der Waals surface area contributed by atoms with E-state index in [1.165, 1.54) is 5.56 Å². The summed E-state index contributed by atoms with van der Waals surface area (Å²) in [4.78, 5) is 0. The molecule has 0 fully saturated rings. The lowest BCUT2D eigenvalue weighted by Gasteiger charge is -2.18. The molecule has 3 rings (SSSR count). The van der Waals surface area contributed by atoms with E-state index in [0.29, 0.717) is 17.4 Å². The third-order valence-electron chi connectivity index (χ3n) is 4.01. The number of rotatable bonds is 7. The molecule has 25 heavy (non-hydrogen) atoms. The highest BCUT2D eigenvalue weighted by atomic mass is 35.5. The van der Waals surface area contributed by atoms with Crippen molar-refractivity contribution < 1.29 is 5.11 Å². The van der Waals surface area contributed by atoms with Crippen LogP contribution in [0.2, 0.25) is 5.02 Å². The van der Waals surface area contributed by atoms with Crippen LogP contribution in [0.4, 0.5) is 0 Å². The SMILES string of the molecule is CC(Cc1ccc(-c2nnn[nH]2)cc1)NCC(O)c1cccc(Cl)c1. The van der Waals surface area contributed by atoms with Crippen molar-refractivity contribution in [2.75, 3.05) is 6.54 Å². The Bertz CT molecular complexity index is 791. The summed E-state index contributed by atoms with van der Waals surface area (Å²) >= 11 is 5.96. The smallest absolute Gasteiger partial charge is 0.179 e. The molecule has 2 aromatic carbocycles. The number of tetrazole rings is 1. The Morgan fingerprint density at radius 1 is 1.20 bits per heavy atom. The standard InChI is InChI=1S/C18H20ClN5O/c1-12(20-11-17(25)15-3-2-4-16(19)10-15)9-13-5-7-14(8-6-13)18-21-23-24-22-18/h2-8,10,12,17,20,25H,9,11H2,1H3,(H,21,22,23,24). The summed E-state index contributed by atoms with van der Waals surface area (Å²) < 4.78 is 0. The lowest BCUT2D eigenvalue weighted by molar-refractivity contribution is 0.170. The summed E-state index contributed by atoms with van der Waals surface area (Å²) in [5, 5.41) is 28.0. The maximum Gasteiger partial charge on any atom is 0.179 e. The van der Waals surface area contributed by atoms with Crippen LogP contribution < -0.4 is 5.32 Å². The number of halogens is 1. The van der Waals surface area contributed by atoms with E-state index < -0.39 is 6.10 Å². The second-order valence-electron chi connectivity index (χ2n) is 6.03. The van der Waals surface area contributed by atoms with Crippen LogP contribution in [0.25, 0.3) is 11.4 Å². The molecule has 0 aliphatic rings. The number of hydrogen-bond donors (Lipinski definition) is 3. The molecule has 0 saturated heterocycles. The number of aliphatic hydroxyl groups excluding tert-OH is 1. The number of H-pyrrole nitrogens is 1. The third kappa shape index (κ3) is 4.85. The van der Waals surface area contributed by atoms with Crippen molar-refractivity contribution >= 4 is 11.6 Å². The summed E-state index contributed by atoms with van der Waals surface area (Å²) in [7, 11) is 0. The lowest BCUT2D eigenvalue weighted by Crippen LogP contribution is -2.32. The third-order valence-corrected chi connectivity index (χ3v) is 4.24. The number of aromatic amines is 1. The molecule has 0 amide bonds. The van der Waals surface area contributed by atoms with Crippen LogP contribution in [-0.2, 0) is 6.42 Å². The maximum atomic E-state index is 10.3. The Kier molecular flexibility index (Phi) is 5.75. The molecule has 0 bridgehead atoms. The molecule has 1 aromatic heterocycles. The van der Waals surface area contributed by atoms with Gasteiger partial charge in [-0.2, -0.15) is 0 Å². The average Bonchev–Trinajstić information content (AvgIpc) is 3.15. The number of aliphatic hydroxyl groups is 1. The molecule has 0 radical (unpaired) electrons. The fraction of sp³-hybridized carbons (Fsp3) is 0.278. The fourth-order valence-electron chi connectivity index (χ4n) is 2.65. The van der Waals surface area contributed by atoms with Crippen LogP contribution in [-0.4, -0.2) is 38.3 Å². The van der Waals surface area contributed by atoms with Crippen LogP contribution in [0.15, 0.2) is 48.5 Å². The highest BCUT2D eigenvalue weighted by Gasteiger charge is 2.10. The highest BCUT2D eigenvalue weighted by molar-refractivity contribution is 6.30. The van der Waals surface area contributed by atoms with E-state index in [0.717, 1.165) is 17.5 Å². The Balaban J connectivity index is 1.51. The van der Waals surface area contributed by atoms with Crippen LogP contribution in [0, 0.1) is 0 Å². The molecule has 1 heterocycles. The minimum atomic E-state index is -0.581. The predicted molar refractivity (Wildman–Crippen MR) is 97.2 cm³/mol. The average molecular weight is 358 g/mol. The zero-order chi connectivity index (χ0) is 17.6. The molecule has 6 nitrogen and oxygen atoms in total. The molecular formula is C18H20ClN5O. The summed E-state index contributed by atoms with van der Waals surface area (Å²) in [5.41, 5.74) is 2.97. The van der Waals surface area contributed by atoms with Crippen molar-refractivity contribution in [2.24, 2.45) is 0 Å². The molecule has 0 aliphatic heterocycles. The van der Waals surface area contributed by atoms with E-state index in [4.69, 9.17) is 11.6 Å². The quantitative estimate of drug-likeness (QED) is 0.605. The Morgan fingerprint density at radius 3 is 2.68 bits per heavy atom. The molecule has 3 aromatic rings. The van der Waals surface area contributed by atoms with Crippen LogP contribution in [0.1, 0.15) is 24.2 Å². The predicted octanol–water partition coefficient (Wildman–Crippen LogP) is 2.77. The molecular weight excluding hydrogens is 338 g/mol. The van der Waals surface area contributed by atoms with E-state index in [1.807, 2.05) is 24.3 Å². The molecule has 130 valence electrons.